The Bertz CT molecular complexity index is 308. The number of hydrogen-bond acceptors (Lipinski definition) is 1. The van der Waals surface area contributed by atoms with Crippen molar-refractivity contribution in [3.05, 3.63) is 16.0 Å². The predicted octanol–water partition coefficient (Wildman–Crippen LogP) is 3.48. The van der Waals surface area contributed by atoms with E-state index < -0.39 is 0 Å². The molecule has 2 nitrogen and oxygen atoms in total. The summed E-state index contributed by atoms with van der Waals surface area (Å²) in [5, 5.41) is 4.41. The molecule has 1 aliphatic rings. The molecular weight excluding hydrogens is 287 g/mol. The number of rotatable bonds is 1. The summed E-state index contributed by atoms with van der Waals surface area (Å²) in [6, 6.07) is 0.643. The molecule has 14 heavy (non-hydrogen) atoms. The van der Waals surface area contributed by atoms with Crippen LogP contribution in [0.4, 0.5) is 0 Å². The summed E-state index contributed by atoms with van der Waals surface area (Å²) < 4.78 is 3.40. The lowest BCUT2D eigenvalue weighted by Crippen LogP contribution is -2.23. The number of aromatic nitrogens is 2. The van der Waals surface area contributed by atoms with Crippen LogP contribution in [0.1, 0.15) is 39.2 Å². The lowest BCUT2D eigenvalue weighted by molar-refractivity contribution is 0.201. The molecule has 0 aliphatic heterocycles. The molecule has 1 aromatic heterocycles. The van der Waals surface area contributed by atoms with E-state index in [1.807, 2.05) is 6.20 Å². The quantitative estimate of drug-likeness (QED) is 0.726. The van der Waals surface area contributed by atoms with Crippen molar-refractivity contribution < 1.29 is 0 Å². The highest BCUT2D eigenvalue weighted by Gasteiger charge is 2.25. The van der Waals surface area contributed by atoms with Gasteiger partial charge in [-0.3, -0.25) is 4.68 Å². The van der Waals surface area contributed by atoms with E-state index in [4.69, 9.17) is 0 Å². The standard InChI is InChI=1S/C11H17IN2/c1-8-3-4-11(5-9(8)2)14-7-10(12)6-13-14/h6-9,11H,3-5H2,1-2H3. The van der Waals surface area contributed by atoms with E-state index >= 15 is 0 Å². The van der Waals surface area contributed by atoms with Gasteiger partial charge in [-0.2, -0.15) is 5.10 Å². The van der Waals surface area contributed by atoms with E-state index in [1.165, 1.54) is 22.8 Å². The molecule has 0 saturated heterocycles. The molecule has 0 spiro atoms. The Balaban J connectivity index is 2.06. The summed E-state index contributed by atoms with van der Waals surface area (Å²) in [7, 11) is 0. The Labute approximate surface area is 99.2 Å². The second kappa shape index (κ2) is 4.21. The monoisotopic (exact) mass is 304 g/mol. The molecule has 1 fully saturated rings. The van der Waals surface area contributed by atoms with Gasteiger partial charge in [0.15, 0.2) is 0 Å². The fraction of sp³-hybridized carbons (Fsp3) is 0.727. The zero-order valence-corrected chi connectivity index (χ0v) is 10.9. The van der Waals surface area contributed by atoms with E-state index in [-0.39, 0.29) is 0 Å². The highest BCUT2D eigenvalue weighted by atomic mass is 127. The minimum atomic E-state index is 0.643. The van der Waals surface area contributed by atoms with Crippen LogP contribution in [-0.4, -0.2) is 9.78 Å². The van der Waals surface area contributed by atoms with Gasteiger partial charge in [0.2, 0.25) is 0 Å². The molecule has 1 aliphatic carbocycles. The summed E-state index contributed by atoms with van der Waals surface area (Å²) in [5.74, 6) is 1.73. The predicted molar refractivity (Wildman–Crippen MR) is 66.2 cm³/mol. The minimum absolute atomic E-state index is 0.643. The highest BCUT2D eigenvalue weighted by molar-refractivity contribution is 14.1. The Morgan fingerprint density at radius 1 is 1.36 bits per heavy atom. The molecule has 3 heteroatoms. The third-order valence-corrected chi connectivity index (χ3v) is 4.07. The number of hydrogen-bond donors (Lipinski definition) is 0. The molecule has 1 heterocycles. The Hall–Kier alpha value is -0.0600. The minimum Gasteiger partial charge on any atom is -0.269 e. The smallest absolute Gasteiger partial charge is 0.0623 e. The molecule has 0 amide bonds. The van der Waals surface area contributed by atoms with Crippen LogP contribution in [0, 0.1) is 15.4 Å². The zero-order chi connectivity index (χ0) is 10.1. The molecule has 0 bridgehead atoms. The lowest BCUT2D eigenvalue weighted by Gasteiger charge is -2.32. The van der Waals surface area contributed by atoms with Gasteiger partial charge < -0.3 is 0 Å². The van der Waals surface area contributed by atoms with Crippen molar-refractivity contribution in [3.8, 4) is 0 Å². The van der Waals surface area contributed by atoms with Crippen LogP contribution in [0.2, 0.25) is 0 Å². The topological polar surface area (TPSA) is 17.8 Å². The van der Waals surface area contributed by atoms with Gasteiger partial charge in [-0.1, -0.05) is 13.8 Å². The Kier molecular flexibility index (Phi) is 3.14. The van der Waals surface area contributed by atoms with Crippen LogP contribution in [0.3, 0.4) is 0 Å². The maximum absolute atomic E-state index is 4.41. The average molecular weight is 304 g/mol. The van der Waals surface area contributed by atoms with Crippen molar-refractivity contribution in [2.24, 2.45) is 11.8 Å². The van der Waals surface area contributed by atoms with Crippen molar-refractivity contribution in [1.82, 2.24) is 9.78 Å². The first-order valence-electron chi connectivity index (χ1n) is 5.36. The van der Waals surface area contributed by atoms with Crippen molar-refractivity contribution >= 4 is 22.6 Å². The van der Waals surface area contributed by atoms with Gasteiger partial charge in [-0.15, -0.1) is 0 Å². The van der Waals surface area contributed by atoms with Crippen molar-refractivity contribution in [1.29, 1.82) is 0 Å². The van der Waals surface area contributed by atoms with Crippen molar-refractivity contribution in [3.63, 3.8) is 0 Å². The van der Waals surface area contributed by atoms with Crippen LogP contribution in [0.15, 0.2) is 12.4 Å². The SMILES string of the molecule is CC1CCC(n2cc(I)cn2)CC1C. The first-order chi connectivity index (χ1) is 6.66. The molecule has 1 aromatic rings. The van der Waals surface area contributed by atoms with Crippen molar-refractivity contribution in [2.45, 2.75) is 39.2 Å². The summed E-state index contributed by atoms with van der Waals surface area (Å²) >= 11 is 2.32. The Morgan fingerprint density at radius 3 is 2.71 bits per heavy atom. The van der Waals surface area contributed by atoms with E-state index in [0.29, 0.717) is 6.04 Å². The first kappa shape index (κ1) is 10.5. The van der Waals surface area contributed by atoms with Crippen LogP contribution in [0.25, 0.3) is 0 Å². The van der Waals surface area contributed by atoms with Gasteiger partial charge in [-0.25, -0.2) is 0 Å². The van der Waals surface area contributed by atoms with Gasteiger partial charge in [-0.05, 0) is 53.7 Å². The average Bonchev–Trinajstić information content (AvgIpc) is 2.57. The third kappa shape index (κ3) is 2.12. The number of halogens is 1. The van der Waals surface area contributed by atoms with Crippen molar-refractivity contribution in [2.75, 3.05) is 0 Å². The maximum atomic E-state index is 4.41. The molecule has 2 rings (SSSR count). The summed E-state index contributed by atoms with van der Waals surface area (Å²) in [6.45, 7) is 4.74. The summed E-state index contributed by atoms with van der Waals surface area (Å²) in [5.41, 5.74) is 0. The highest BCUT2D eigenvalue weighted by Crippen LogP contribution is 2.35. The van der Waals surface area contributed by atoms with E-state index in [1.54, 1.807) is 0 Å². The molecular formula is C11H17IN2. The van der Waals surface area contributed by atoms with E-state index in [2.05, 4.69) is 52.4 Å². The van der Waals surface area contributed by atoms with Gasteiger partial charge in [0.05, 0.1) is 15.8 Å². The van der Waals surface area contributed by atoms with Crippen LogP contribution in [-0.2, 0) is 0 Å². The summed E-state index contributed by atoms with van der Waals surface area (Å²) in [4.78, 5) is 0. The van der Waals surface area contributed by atoms with E-state index in [0.717, 1.165) is 11.8 Å². The second-order valence-corrected chi connectivity index (χ2v) is 5.81. The molecule has 0 aromatic carbocycles. The van der Waals surface area contributed by atoms with E-state index in [9.17, 15) is 0 Å². The first-order valence-corrected chi connectivity index (χ1v) is 6.44. The molecule has 1 saturated carbocycles. The largest absolute Gasteiger partial charge is 0.269 e. The maximum Gasteiger partial charge on any atom is 0.0623 e. The molecule has 78 valence electrons. The summed E-state index contributed by atoms with van der Waals surface area (Å²) in [6.07, 6.45) is 8.04. The normalized spacial score (nSPS) is 33.2. The van der Waals surface area contributed by atoms with Gasteiger partial charge in [0.1, 0.15) is 0 Å². The molecule has 3 atom stereocenters. The number of nitrogens with zero attached hydrogens (tertiary/aromatic N) is 2. The van der Waals surface area contributed by atoms with Gasteiger partial charge in [0, 0.05) is 6.20 Å². The lowest BCUT2D eigenvalue weighted by atomic mass is 9.79. The zero-order valence-electron chi connectivity index (χ0n) is 8.78. The van der Waals surface area contributed by atoms with Gasteiger partial charge >= 0.3 is 0 Å². The van der Waals surface area contributed by atoms with Crippen LogP contribution in [0.5, 0.6) is 0 Å². The fourth-order valence-electron chi connectivity index (χ4n) is 2.27. The molecule has 3 unspecified atom stereocenters. The fourth-order valence-corrected chi connectivity index (χ4v) is 2.68. The van der Waals surface area contributed by atoms with Crippen LogP contribution < -0.4 is 0 Å². The third-order valence-electron chi connectivity index (χ3n) is 3.51. The van der Waals surface area contributed by atoms with Gasteiger partial charge in [0.25, 0.3) is 0 Å². The Morgan fingerprint density at radius 2 is 2.14 bits per heavy atom. The van der Waals surface area contributed by atoms with Crippen LogP contribution >= 0.6 is 22.6 Å². The molecule has 0 radical (unpaired) electrons. The second-order valence-electron chi connectivity index (χ2n) is 4.56. The molecule has 0 N–H and O–H groups in total.